The van der Waals surface area contributed by atoms with Crippen molar-refractivity contribution >= 4 is 239 Å². The Morgan fingerprint density at radius 3 is 0.909 bits per heavy atom. The molecule has 0 aromatic heterocycles. The van der Waals surface area contributed by atoms with Crippen LogP contribution in [0, 0.1) is 0 Å². The van der Waals surface area contributed by atoms with Gasteiger partial charge in [-0.2, -0.15) is 0 Å². The monoisotopic (exact) mass is 1270 g/mol. The van der Waals surface area contributed by atoms with Gasteiger partial charge in [-0.25, -0.2) is 0 Å². The molecule has 0 aromatic carbocycles. The second-order valence-corrected chi connectivity index (χ2v) is 29.8. The summed E-state index contributed by atoms with van der Waals surface area (Å²) < 4.78 is -3.41. The minimum absolute atomic E-state index is 0.723. The van der Waals surface area contributed by atoms with E-state index < -0.39 is 18.4 Å². The van der Waals surface area contributed by atoms with Gasteiger partial charge in [-0.3, -0.25) is 0 Å². The highest BCUT2D eigenvalue weighted by Crippen LogP contribution is 2.75. The highest BCUT2D eigenvalue weighted by molar-refractivity contribution is 9.42. The third kappa shape index (κ3) is 5.49. The van der Waals surface area contributed by atoms with Crippen molar-refractivity contribution in [3.63, 3.8) is 0 Å². The van der Waals surface area contributed by atoms with Crippen LogP contribution in [0.2, 0.25) is 0 Å². The maximum atomic E-state index is 3.74. The molecule has 0 aliphatic heterocycles. The van der Waals surface area contributed by atoms with E-state index in [1.807, 2.05) is 0 Å². The Hall–Kier alpha value is 7.16. The van der Waals surface area contributed by atoms with Gasteiger partial charge in [-0.15, -0.1) is 2.95 Å². The zero-order valence-electron chi connectivity index (χ0n) is 9.12. The van der Waals surface area contributed by atoms with E-state index in [9.17, 15) is 0 Å². The fourth-order valence-electron chi connectivity index (χ4n) is 0.867. The molecule has 0 N–H and O–H groups in total. The second kappa shape index (κ2) is 9.75. The van der Waals surface area contributed by atoms with Gasteiger partial charge in [0.25, 0.3) is 0 Å². The fourth-order valence-corrected chi connectivity index (χ4v) is 12.5. The van der Waals surface area contributed by atoms with Crippen molar-refractivity contribution < 1.29 is 0 Å². The molecule has 1 nitrogen and oxygen atoms in total. The zero-order valence-corrected chi connectivity index (χ0v) is 32.9. The molecule has 0 heterocycles. The van der Waals surface area contributed by atoms with Crippen molar-refractivity contribution in [2.75, 3.05) is 0 Å². The average Bonchev–Trinajstić information content (AvgIpc) is 2.25. The van der Waals surface area contributed by atoms with Gasteiger partial charge in [0.15, 0.2) is 5.50 Å². The van der Waals surface area contributed by atoms with Crippen molar-refractivity contribution in [3.8, 4) is 0 Å². The van der Waals surface area contributed by atoms with Crippen molar-refractivity contribution in [3.05, 3.63) is 0 Å². The molecular weight excluding hydrogens is 1280 g/mol. The van der Waals surface area contributed by atoms with Crippen LogP contribution >= 0.6 is 239 Å². The lowest BCUT2D eigenvalue weighted by Gasteiger charge is -2.54. The second-order valence-electron chi connectivity index (χ2n) is 3.57. The highest BCUT2D eigenvalue weighted by atomic mass is 80.0. The van der Waals surface area contributed by atoms with Crippen LogP contribution in [0.1, 0.15) is 0 Å². The maximum absolute atomic E-state index is 3.74. The molecule has 0 aliphatic carbocycles. The first-order valence-corrected chi connectivity index (χ1v) is 16.0. The Bertz CT molecular complexity index is 405. The van der Waals surface area contributed by atoms with E-state index in [-0.39, 0.29) is 0 Å². The van der Waals surface area contributed by atoms with E-state index in [1.165, 1.54) is 0 Å². The minimum Gasteiger partial charge on any atom is -0.148 e. The number of hydrogen-bond acceptors (Lipinski definition) is 1. The van der Waals surface area contributed by atoms with Crippen LogP contribution in [-0.2, 0) is 0 Å². The molecule has 0 rings (SSSR count). The van der Waals surface area contributed by atoms with Gasteiger partial charge in [0, 0.05) is 32.3 Å². The zero-order chi connectivity index (χ0) is 18.6. The first-order valence-electron chi connectivity index (χ1n) is 4.27. The molecule has 0 bridgehead atoms. The summed E-state index contributed by atoms with van der Waals surface area (Å²) in [6.07, 6.45) is 0. The van der Waals surface area contributed by atoms with E-state index in [0.29, 0.717) is 0 Å². The van der Waals surface area contributed by atoms with Gasteiger partial charge in [0.2, 0.25) is 0 Å². The Morgan fingerprint density at radius 2 is 0.682 bits per heavy atom. The standard InChI is InChI=1S/C6Br15N/c7-1(8,3(11,12)5(15,16)17)2(9,10)4(13,14)6(18,19)22(20)21. The summed E-state index contributed by atoms with van der Waals surface area (Å²) in [4.78, 5) is 0. The molecule has 0 aliphatic rings. The Labute approximate surface area is 255 Å². The van der Waals surface area contributed by atoms with Crippen molar-refractivity contribution in [2.24, 2.45) is 0 Å². The van der Waals surface area contributed by atoms with Crippen LogP contribution in [0.15, 0.2) is 0 Å². The van der Waals surface area contributed by atoms with E-state index in [0.717, 1.165) is 0 Å². The van der Waals surface area contributed by atoms with Crippen LogP contribution < -0.4 is 0 Å². The normalized spacial score (nSPS) is 16.4. The number of nitrogens with zero attached hydrogens (tertiary/aromatic N) is 1. The predicted molar refractivity (Wildman–Crippen MR) is 152 cm³/mol. The molecule has 22 heavy (non-hydrogen) atoms. The van der Waals surface area contributed by atoms with Gasteiger partial charge < -0.3 is 0 Å². The molecule has 0 saturated carbocycles. The molecule has 0 fully saturated rings. The number of rotatable bonds is 5. The van der Waals surface area contributed by atoms with E-state index >= 15 is 0 Å². The van der Waals surface area contributed by atoms with E-state index in [4.69, 9.17) is 0 Å². The molecule has 0 aromatic rings. The van der Waals surface area contributed by atoms with Crippen molar-refractivity contribution in [1.82, 2.24) is 2.95 Å². The summed E-state index contributed by atoms with van der Waals surface area (Å²) in [7, 11) is 0. The summed E-state index contributed by atoms with van der Waals surface area (Å²) >= 11 is 54.2. The van der Waals surface area contributed by atoms with Gasteiger partial charge >= 0.3 is 0 Å². The Balaban J connectivity index is 6.24. The van der Waals surface area contributed by atoms with E-state index in [1.54, 1.807) is 2.95 Å². The Kier molecular flexibility index (Phi) is 12.9. The third-order valence-corrected chi connectivity index (χ3v) is 30.0. The molecule has 16 heteroatoms. The van der Waals surface area contributed by atoms with Crippen LogP contribution in [0.25, 0.3) is 0 Å². The van der Waals surface area contributed by atoms with Gasteiger partial charge in [0.1, 0.15) is 12.9 Å². The number of halogens is 15. The molecule has 0 spiro atoms. The number of alkyl halides is 13. The van der Waals surface area contributed by atoms with Gasteiger partial charge in [-0.1, -0.05) is 207 Å². The lowest BCUT2D eigenvalue weighted by Crippen LogP contribution is -2.64. The molecule has 134 valence electrons. The molecule has 0 saturated heterocycles. The van der Waals surface area contributed by atoms with Crippen LogP contribution in [0.3, 0.4) is 0 Å². The van der Waals surface area contributed by atoms with Crippen LogP contribution in [0.4, 0.5) is 0 Å². The third-order valence-electron chi connectivity index (χ3n) is 2.13. The first-order chi connectivity index (χ1) is 9.19. The molecule has 0 radical (unpaired) electrons. The van der Waals surface area contributed by atoms with Crippen molar-refractivity contribution in [1.29, 1.82) is 0 Å². The van der Waals surface area contributed by atoms with E-state index in [2.05, 4.69) is 239 Å². The highest BCUT2D eigenvalue weighted by Gasteiger charge is 2.73. The molecule has 0 atom stereocenters. The largest absolute Gasteiger partial charge is 0.179 e. The lowest BCUT2D eigenvalue weighted by atomic mass is 10.2. The quantitative estimate of drug-likeness (QED) is 0.151. The fraction of sp³-hybridized carbons (Fsp3) is 1.00. The summed E-state index contributed by atoms with van der Waals surface area (Å²) in [5, 5.41) is 0. The Morgan fingerprint density at radius 1 is 0.409 bits per heavy atom. The van der Waals surface area contributed by atoms with Crippen molar-refractivity contribution in [2.45, 2.75) is 18.4 Å². The first kappa shape index (κ1) is 29.2. The van der Waals surface area contributed by atoms with Crippen LogP contribution in [-0.4, -0.2) is 21.4 Å². The molecular formula is C6Br15N. The summed E-state index contributed by atoms with van der Waals surface area (Å²) in [6, 6.07) is 0. The maximum Gasteiger partial charge on any atom is 0.179 e. The minimum atomic E-state index is -0.889. The smallest absolute Gasteiger partial charge is 0.148 e. The summed E-state index contributed by atoms with van der Waals surface area (Å²) in [5.41, 5.74) is 0. The molecule has 0 unspecified atom stereocenters. The SMILES string of the molecule is BrN(Br)C(Br)(Br)C(Br)(Br)C(Br)(Br)C(Br)(Br)C(Br)(Br)C(Br)(Br)Br. The topological polar surface area (TPSA) is 3.24 Å². The summed E-state index contributed by atoms with van der Waals surface area (Å²) in [6.45, 7) is 0. The average molecular weight is 1280 g/mol. The van der Waals surface area contributed by atoms with Gasteiger partial charge in [0.05, 0.1) is 0 Å². The number of hydrogen-bond donors (Lipinski definition) is 0. The lowest BCUT2D eigenvalue weighted by molar-refractivity contribution is 0.560. The predicted octanol–water partition coefficient (Wildman–Crippen LogP) is 11.1. The van der Waals surface area contributed by atoms with Gasteiger partial charge in [-0.05, 0) is 0 Å². The molecule has 0 amide bonds. The summed E-state index contributed by atoms with van der Waals surface area (Å²) in [5.74, 6) is 0. The van der Waals surface area contributed by atoms with Crippen LogP contribution in [0.5, 0.6) is 0 Å².